The van der Waals surface area contributed by atoms with E-state index in [1.54, 1.807) is 6.26 Å². The molecular formula is C11H11BrNO2+. The highest BCUT2D eigenvalue weighted by Gasteiger charge is 2.20. The molecule has 2 aromatic rings. The van der Waals surface area contributed by atoms with Gasteiger partial charge in [0.25, 0.3) is 0 Å². The molecule has 15 heavy (non-hydrogen) atoms. The molecule has 0 atom stereocenters. The summed E-state index contributed by atoms with van der Waals surface area (Å²) in [6.45, 7) is 0. The summed E-state index contributed by atoms with van der Waals surface area (Å²) < 4.78 is 6.37. The van der Waals surface area contributed by atoms with Gasteiger partial charge in [0.05, 0.1) is 24.8 Å². The molecule has 2 rings (SSSR count). The van der Waals surface area contributed by atoms with Crippen LogP contribution < -0.4 is 4.48 Å². The number of rotatable bonds is 2. The van der Waals surface area contributed by atoms with E-state index in [1.807, 2.05) is 32.3 Å². The third-order valence-corrected chi connectivity index (χ3v) is 3.01. The summed E-state index contributed by atoms with van der Waals surface area (Å²) in [5.74, 6) is 0. The van der Waals surface area contributed by atoms with Crippen molar-refractivity contribution >= 4 is 39.0 Å². The zero-order chi connectivity index (χ0) is 11.1. The number of benzene rings is 1. The molecule has 0 radical (unpaired) electrons. The minimum atomic E-state index is 0.194. The number of nitrogens with zero attached hydrogens (tertiary/aromatic N) is 1. The highest BCUT2D eigenvalue weighted by atomic mass is 79.9. The maximum Gasteiger partial charge on any atom is 0.306 e. The number of hydrogen-bond acceptors (Lipinski definition) is 2. The van der Waals surface area contributed by atoms with Gasteiger partial charge in [-0.15, -0.1) is 0 Å². The fourth-order valence-electron chi connectivity index (χ4n) is 1.42. The molecule has 78 valence electrons. The summed E-state index contributed by atoms with van der Waals surface area (Å²) >= 11 is 3.43. The zero-order valence-corrected chi connectivity index (χ0v) is 10.1. The van der Waals surface area contributed by atoms with E-state index in [9.17, 15) is 4.79 Å². The first-order valence-corrected chi connectivity index (χ1v) is 5.31. The summed E-state index contributed by atoms with van der Waals surface area (Å²) in [7, 11) is 3.67. The third-order valence-electron chi connectivity index (χ3n) is 2.42. The highest BCUT2D eigenvalue weighted by molar-refractivity contribution is 9.10. The predicted octanol–water partition coefficient (Wildman–Crippen LogP) is 2.92. The van der Waals surface area contributed by atoms with Crippen molar-refractivity contribution < 1.29 is 9.21 Å². The first-order valence-electron chi connectivity index (χ1n) is 4.52. The van der Waals surface area contributed by atoms with Gasteiger partial charge in [0.2, 0.25) is 0 Å². The SMILES string of the molecule is C[N+](C)(C=O)c1cc(Br)c2occc2c1. The van der Waals surface area contributed by atoms with Gasteiger partial charge >= 0.3 is 6.41 Å². The topological polar surface area (TPSA) is 30.2 Å². The maximum atomic E-state index is 10.9. The number of furan rings is 1. The Hall–Kier alpha value is -1.13. The molecule has 0 unspecified atom stereocenters. The Bertz CT molecular complexity index is 516. The summed E-state index contributed by atoms with van der Waals surface area (Å²) in [6.07, 6.45) is 2.54. The minimum absolute atomic E-state index is 0.194. The fourth-order valence-corrected chi connectivity index (χ4v) is 1.97. The average molecular weight is 269 g/mol. The van der Waals surface area contributed by atoms with Crippen LogP contribution >= 0.6 is 15.9 Å². The summed E-state index contributed by atoms with van der Waals surface area (Å²) in [5, 5.41) is 0.993. The second-order valence-corrected chi connectivity index (χ2v) is 4.77. The monoisotopic (exact) mass is 268 g/mol. The Balaban J connectivity index is 2.68. The van der Waals surface area contributed by atoms with Crippen LogP contribution in [0, 0.1) is 0 Å². The predicted molar refractivity (Wildman–Crippen MR) is 63.6 cm³/mol. The van der Waals surface area contributed by atoms with Crippen molar-refractivity contribution in [1.82, 2.24) is 4.48 Å². The molecule has 3 nitrogen and oxygen atoms in total. The lowest BCUT2D eigenvalue weighted by atomic mass is 10.2. The molecule has 0 aliphatic rings. The highest BCUT2D eigenvalue weighted by Crippen LogP contribution is 2.31. The van der Waals surface area contributed by atoms with Crippen LogP contribution in [0.4, 0.5) is 5.69 Å². The van der Waals surface area contributed by atoms with Crippen LogP contribution in [-0.4, -0.2) is 20.5 Å². The van der Waals surface area contributed by atoms with Crippen molar-refractivity contribution in [3.8, 4) is 0 Å². The molecule has 1 amide bonds. The lowest BCUT2D eigenvalue weighted by Gasteiger charge is -2.20. The molecule has 0 fully saturated rings. The van der Waals surface area contributed by atoms with Crippen molar-refractivity contribution in [3.05, 3.63) is 28.9 Å². The Morgan fingerprint density at radius 2 is 2.13 bits per heavy atom. The van der Waals surface area contributed by atoms with Crippen molar-refractivity contribution in [3.63, 3.8) is 0 Å². The summed E-state index contributed by atoms with van der Waals surface area (Å²) in [5.41, 5.74) is 1.73. The molecule has 0 saturated carbocycles. The van der Waals surface area contributed by atoms with Gasteiger partial charge in [-0.05, 0) is 22.0 Å². The molecule has 4 heteroatoms. The van der Waals surface area contributed by atoms with E-state index in [0.29, 0.717) is 0 Å². The van der Waals surface area contributed by atoms with Crippen LogP contribution in [-0.2, 0) is 4.79 Å². The summed E-state index contributed by atoms with van der Waals surface area (Å²) in [6, 6.07) is 5.74. The first-order chi connectivity index (χ1) is 7.04. The lowest BCUT2D eigenvalue weighted by molar-refractivity contribution is -0.115. The van der Waals surface area contributed by atoms with Crippen LogP contribution in [0.15, 0.2) is 33.4 Å². The second kappa shape index (κ2) is 3.47. The summed E-state index contributed by atoms with van der Waals surface area (Å²) in [4.78, 5) is 10.9. The van der Waals surface area contributed by atoms with Gasteiger partial charge in [0, 0.05) is 17.5 Å². The number of carbonyl (C=O) groups is 1. The molecule has 1 heterocycles. The Morgan fingerprint density at radius 3 is 2.80 bits per heavy atom. The molecule has 1 aromatic carbocycles. The largest absolute Gasteiger partial charge is 0.463 e. The number of hydrogen-bond donors (Lipinski definition) is 0. The van der Waals surface area contributed by atoms with Crippen LogP contribution in [0.5, 0.6) is 0 Å². The Kier molecular flexibility index (Phi) is 2.40. The van der Waals surface area contributed by atoms with E-state index in [2.05, 4.69) is 15.9 Å². The lowest BCUT2D eigenvalue weighted by Crippen LogP contribution is -2.38. The average Bonchev–Trinajstić information content (AvgIpc) is 2.66. The molecule has 0 aliphatic carbocycles. The second-order valence-electron chi connectivity index (χ2n) is 3.91. The third kappa shape index (κ3) is 1.70. The van der Waals surface area contributed by atoms with Crippen LogP contribution in [0.1, 0.15) is 0 Å². The number of carbonyl (C=O) groups excluding carboxylic acids is 1. The van der Waals surface area contributed by atoms with Gasteiger partial charge in [-0.2, -0.15) is 0 Å². The number of halogens is 1. The quantitative estimate of drug-likeness (QED) is 0.619. The van der Waals surface area contributed by atoms with Gasteiger partial charge < -0.3 is 4.42 Å². The van der Waals surface area contributed by atoms with Crippen LogP contribution in [0.2, 0.25) is 0 Å². The van der Waals surface area contributed by atoms with E-state index >= 15 is 0 Å². The van der Waals surface area contributed by atoms with Gasteiger partial charge in [-0.3, -0.25) is 0 Å². The van der Waals surface area contributed by atoms with Crippen molar-refractivity contribution in [1.29, 1.82) is 0 Å². The number of amides is 1. The molecule has 0 N–H and O–H groups in total. The van der Waals surface area contributed by atoms with E-state index in [4.69, 9.17) is 4.42 Å². The van der Waals surface area contributed by atoms with Gasteiger partial charge in [0.15, 0.2) is 0 Å². The Labute approximate surface area is 96.0 Å². The standard InChI is InChI=1S/C11H11BrNO2/c1-13(2,7-14)9-5-8-3-4-15-11(8)10(12)6-9/h3-7H,1-2H3/q+1. The van der Waals surface area contributed by atoms with Gasteiger partial charge in [-0.25, -0.2) is 9.28 Å². The molecular weight excluding hydrogens is 258 g/mol. The fraction of sp³-hybridized carbons (Fsp3) is 0.182. The van der Waals surface area contributed by atoms with Crippen molar-refractivity contribution in [2.45, 2.75) is 0 Å². The van der Waals surface area contributed by atoms with Gasteiger partial charge in [-0.1, -0.05) is 0 Å². The smallest absolute Gasteiger partial charge is 0.306 e. The molecule has 0 saturated heterocycles. The number of quaternary nitrogens is 1. The van der Waals surface area contributed by atoms with E-state index in [1.165, 1.54) is 0 Å². The molecule has 0 bridgehead atoms. The normalized spacial score (nSPS) is 11.9. The van der Waals surface area contributed by atoms with Crippen LogP contribution in [0.3, 0.4) is 0 Å². The van der Waals surface area contributed by atoms with E-state index < -0.39 is 0 Å². The van der Waals surface area contributed by atoms with E-state index in [0.717, 1.165) is 27.5 Å². The number of fused-ring (bicyclic) bond motifs is 1. The minimum Gasteiger partial charge on any atom is -0.463 e. The van der Waals surface area contributed by atoms with Gasteiger partial charge in [0.1, 0.15) is 11.3 Å². The van der Waals surface area contributed by atoms with Crippen molar-refractivity contribution in [2.24, 2.45) is 0 Å². The molecule has 0 spiro atoms. The zero-order valence-electron chi connectivity index (χ0n) is 8.53. The maximum absolute atomic E-state index is 10.9. The van der Waals surface area contributed by atoms with E-state index in [-0.39, 0.29) is 4.48 Å². The Morgan fingerprint density at radius 1 is 1.40 bits per heavy atom. The van der Waals surface area contributed by atoms with Crippen LogP contribution in [0.25, 0.3) is 11.0 Å². The molecule has 1 aromatic heterocycles. The van der Waals surface area contributed by atoms with Crippen molar-refractivity contribution in [2.75, 3.05) is 14.1 Å². The molecule has 0 aliphatic heterocycles. The first kappa shape index (κ1) is 10.4.